The molecule has 0 bridgehead atoms. The lowest BCUT2D eigenvalue weighted by molar-refractivity contribution is -0.0548. The Hall–Kier alpha value is -0.810. The number of carbonyl (C=O) groups is 1. The van der Waals surface area contributed by atoms with Crippen molar-refractivity contribution in [3.8, 4) is 0 Å². The molecule has 1 N–H and O–H groups in total. The first-order valence-corrected chi connectivity index (χ1v) is 2.84. The van der Waals surface area contributed by atoms with E-state index in [1.807, 2.05) is 0 Å². The zero-order valence-electron chi connectivity index (χ0n) is 6.70. The first-order chi connectivity index (χ1) is 4.46. The Morgan fingerprint density at radius 2 is 1.60 bits per heavy atom. The molecule has 60 valence electrons. The van der Waals surface area contributed by atoms with Gasteiger partial charge in [-0.1, -0.05) is 0 Å². The van der Waals surface area contributed by atoms with Crippen molar-refractivity contribution < 1.29 is 10.0 Å². The number of carbonyl (C=O) groups excluding carboxylic acids is 1. The summed E-state index contributed by atoms with van der Waals surface area (Å²) in [6.45, 7) is 0. The highest BCUT2D eigenvalue weighted by molar-refractivity contribution is 5.71. The summed E-state index contributed by atoms with van der Waals surface area (Å²) >= 11 is 0. The minimum atomic E-state index is -0.468. The Kier molecular flexibility index (Phi) is 3.11. The summed E-state index contributed by atoms with van der Waals surface area (Å²) in [5.74, 6) is 0. The van der Waals surface area contributed by atoms with Crippen molar-refractivity contribution in [3.05, 3.63) is 0 Å². The lowest BCUT2D eigenvalue weighted by atomic mass is 10.8. The first kappa shape index (κ1) is 9.19. The molecule has 0 aromatic rings. The zero-order valence-corrected chi connectivity index (χ0v) is 6.70. The Balaban J connectivity index is 3.95. The van der Waals surface area contributed by atoms with Gasteiger partial charge in [-0.2, -0.15) is 0 Å². The van der Waals surface area contributed by atoms with Gasteiger partial charge in [-0.3, -0.25) is 10.2 Å². The standard InChI is InChI=1S/C5H13N3O2/c1-6(2)7(3)5(9)8(4)10/h10H,1-4H3. The van der Waals surface area contributed by atoms with Crippen LogP contribution in [0.25, 0.3) is 0 Å². The van der Waals surface area contributed by atoms with Crippen molar-refractivity contribution in [2.45, 2.75) is 0 Å². The van der Waals surface area contributed by atoms with E-state index in [1.54, 1.807) is 26.2 Å². The zero-order chi connectivity index (χ0) is 8.31. The van der Waals surface area contributed by atoms with Crippen molar-refractivity contribution in [1.82, 2.24) is 15.1 Å². The Morgan fingerprint density at radius 1 is 1.20 bits per heavy atom. The highest BCUT2D eigenvalue weighted by Gasteiger charge is 2.12. The van der Waals surface area contributed by atoms with E-state index in [1.165, 1.54) is 12.1 Å². The molecule has 0 rings (SSSR count). The van der Waals surface area contributed by atoms with Gasteiger partial charge >= 0.3 is 6.03 Å². The number of hydroxylamine groups is 2. The number of amides is 2. The summed E-state index contributed by atoms with van der Waals surface area (Å²) in [5.41, 5.74) is 0. The number of hydrazine groups is 1. The molecule has 0 spiro atoms. The predicted octanol–water partition coefficient (Wildman–Crippen LogP) is -0.164. The van der Waals surface area contributed by atoms with Gasteiger partial charge in [-0.25, -0.2) is 14.9 Å². The molecule has 0 fully saturated rings. The van der Waals surface area contributed by atoms with Gasteiger partial charge in [0.15, 0.2) is 0 Å². The van der Waals surface area contributed by atoms with E-state index in [2.05, 4.69) is 0 Å². The molecule has 0 atom stereocenters. The third kappa shape index (κ3) is 2.20. The number of rotatable bonds is 1. The maximum atomic E-state index is 10.8. The molecule has 0 aromatic heterocycles. The van der Waals surface area contributed by atoms with Crippen molar-refractivity contribution in [1.29, 1.82) is 0 Å². The van der Waals surface area contributed by atoms with Crippen LogP contribution in [0.5, 0.6) is 0 Å². The SMILES string of the molecule is CN(O)C(=O)N(C)N(C)C. The van der Waals surface area contributed by atoms with Crippen LogP contribution in [-0.4, -0.2) is 54.5 Å². The second-order valence-corrected chi connectivity index (χ2v) is 2.18. The van der Waals surface area contributed by atoms with Gasteiger partial charge in [0.25, 0.3) is 0 Å². The second-order valence-electron chi connectivity index (χ2n) is 2.18. The highest BCUT2D eigenvalue weighted by Crippen LogP contribution is 1.91. The van der Waals surface area contributed by atoms with Crippen LogP contribution in [0.15, 0.2) is 0 Å². The maximum absolute atomic E-state index is 10.8. The van der Waals surface area contributed by atoms with Gasteiger partial charge in [0.1, 0.15) is 0 Å². The number of urea groups is 1. The van der Waals surface area contributed by atoms with Crippen LogP contribution in [0.3, 0.4) is 0 Å². The van der Waals surface area contributed by atoms with Crippen LogP contribution in [0.4, 0.5) is 4.79 Å². The third-order valence-electron chi connectivity index (χ3n) is 1.15. The number of hydrogen-bond donors (Lipinski definition) is 1. The van der Waals surface area contributed by atoms with E-state index in [-0.39, 0.29) is 0 Å². The fourth-order valence-electron chi connectivity index (χ4n) is 0.381. The molecule has 0 unspecified atom stereocenters. The molecule has 0 heterocycles. The van der Waals surface area contributed by atoms with Crippen LogP contribution < -0.4 is 0 Å². The first-order valence-electron chi connectivity index (χ1n) is 2.84. The van der Waals surface area contributed by atoms with Crippen LogP contribution in [0.2, 0.25) is 0 Å². The summed E-state index contributed by atoms with van der Waals surface area (Å²) in [6.07, 6.45) is 0. The van der Waals surface area contributed by atoms with Gasteiger partial charge in [-0.15, -0.1) is 0 Å². The molecular formula is C5H13N3O2. The molecule has 0 aliphatic rings. The minimum absolute atomic E-state index is 0.468. The van der Waals surface area contributed by atoms with Gasteiger partial charge in [-0.05, 0) is 0 Å². The Bertz CT molecular complexity index is 124. The summed E-state index contributed by atoms with van der Waals surface area (Å²) in [4.78, 5) is 10.8. The second kappa shape index (κ2) is 3.38. The Labute approximate surface area is 60.4 Å². The summed E-state index contributed by atoms with van der Waals surface area (Å²) in [5, 5.41) is 12.0. The van der Waals surface area contributed by atoms with Gasteiger partial charge in [0.2, 0.25) is 0 Å². The molecule has 2 amide bonds. The molecule has 0 saturated heterocycles. The van der Waals surface area contributed by atoms with Crippen LogP contribution in [0.1, 0.15) is 0 Å². The monoisotopic (exact) mass is 147 g/mol. The lowest BCUT2D eigenvalue weighted by Crippen LogP contribution is -2.44. The third-order valence-corrected chi connectivity index (χ3v) is 1.15. The average Bonchev–Trinajstić information content (AvgIpc) is 1.84. The molecule has 5 heteroatoms. The summed E-state index contributed by atoms with van der Waals surface area (Å²) < 4.78 is 0. The molecule has 0 aliphatic heterocycles. The minimum Gasteiger partial charge on any atom is -0.285 e. The van der Waals surface area contributed by atoms with E-state index in [0.29, 0.717) is 5.06 Å². The maximum Gasteiger partial charge on any atom is 0.357 e. The van der Waals surface area contributed by atoms with Crippen molar-refractivity contribution in [2.75, 3.05) is 28.2 Å². The lowest BCUT2D eigenvalue weighted by Gasteiger charge is -2.25. The molecule has 0 aromatic carbocycles. The number of hydrogen-bond acceptors (Lipinski definition) is 3. The van der Waals surface area contributed by atoms with E-state index in [0.717, 1.165) is 0 Å². The van der Waals surface area contributed by atoms with E-state index in [9.17, 15) is 4.79 Å². The van der Waals surface area contributed by atoms with Crippen LogP contribution in [-0.2, 0) is 0 Å². The molecule has 0 aliphatic carbocycles. The van der Waals surface area contributed by atoms with Gasteiger partial charge in [0.05, 0.1) is 0 Å². The van der Waals surface area contributed by atoms with Gasteiger partial charge in [0, 0.05) is 28.2 Å². The van der Waals surface area contributed by atoms with Crippen LogP contribution in [0, 0.1) is 0 Å². The summed E-state index contributed by atoms with van der Waals surface area (Å²) in [7, 11) is 6.26. The fraction of sp³-hybridized carbons (Fsp3) is 0.800. The predicted molar refractivity (Wildman–Crippen MR) is 36.4 cm³/mol. The quantitative estimate of drug-likeness (QED) is 0.414. The largest absolute Gasteiger partial charge is 0.357 e. The van der Waals surface area contributed by atoms with Crippen molar-refractivity contribution in [2.24, 2.45) is 0 Å². The van der Waals surface area contributed by atoms with E-state index in [4.69, 9.17) is 5.21 Å². The Morgan fingerprint density at radius 3 is 1.70 bits per heavy atom. The molecular weight excluding hydrogens is 134 g/mol. The smallest absolute Gasteiger partial charge is 0.285 e. The topological polar surface area (TPSA) is 47.0 Å². The molecule has 5 nitrogen and oxygen atoms in total. The average molecular weight is 147 g/mol. The van der Waals surface area contributed by atoms with Crippen molar-refractivity contribution >= 4 is 6.03 Å². The molecule has 0 radical (unpaired) electrons. The molecule has 10 heavy (non-hydrogen) atoms. The number of nitrogens with zero attached hydrogens (tertiary/aromatic N) is 3. The summed E-state index contributed by atoms with van der Waals surface area (Å²) in [6, 6.07) is -0.468. The molecule has 0 saturated carbocycles. The van der Waals surface area contributed by atoms with E-state index < -0.39 is 6.03 Å². The normalized spacial score (nSPS) is 9.80. The van der Waals surface area contributed by atoms with Crippen molar-refractivity contribution in [3.63, 3.8) is 0 Å². The fourth-order valence-corrected chi connectivity index (χ4v) is 0.381. The van der Waals surface area contributed by atoms with E-state index >= 15 is 0 Å². The highest BCUT2D eigenvalue weighted by atomic mass is 16.5. The van der Waals surface area contributed by atoms with Crippen LogP contribution >= 0.6 is 0 Å². The van der Waals surface area contributed by atoms with Gasteiger partial charge < -0.3 is 0 Å².